The molecule has 3 atom stereocenters. The summed E-state index contributed by atoms with van der Waals surface area (Å²) in [6.07, 6.45) is 2.75. The lowest BCUT2D eigenvalue weighted by Gasteiger charge is -2.40. The molecule has 3 unspecified atom stereocenters. The number of nitrogens with zero attached hydrogens (tertiary/aromatic N) is 2. The summed E-state index contributed by atoms with van der Waals surface area (Å²) >= 11 is 1.70. The van der Waals surface area contributed by atoms with Crippen molar-refractivity contribution in [3.05, 3.63) is 16.6 Å². The van der Waals surface area contributed by atoms with Crippen LogP contribution in [-0.2, 0) is 0 Å². The van der Waals surface area contributed by atoms with Crippen molar-refractivity contribution < 1.29 is 0 Å². The Balaban J connectivity index is 1.78. The average molecular weight is 237 g/mol. The van der Waals surface area contributed by atoms with Gasteiger partial charge in [-0.2, -0.15) is 0 Å². The monoisotopic (exact) mass is 237 g/mol. The van der Waals surface area contributed by atoms with E-state index in [4.69, 9.17) is 0 Å². The van der Waals surface area contributed by atoms with Crippen molar-refractivity contribution in [2.45, 2.75) is 31.8 Å². The van der Waals surface area contributed by atoms with Crippen LogP contribution in [0.1, 0.15) is 31.5 Å². The molecule has 16 heavy (non-hydrogen) atoms. The van der Waals surface area contributed by atoms with Crippen molar-refractivity contribution in [1.82, 2.24) is 15.2 Å². The van der Waals surface area contributed by atoms with Crippen LogP contribution < -0.4 is 5.32 Å². The number of fused-ring (bicyclic) bond motifs is 1. The Hall–Kier alpha value is -0.450. The number of hydrogen-bond donors (Lipinski definition) is 1. The molecular weight excluding hydrogens is 218 g/mol. The first-order valence-corrected chi connectivity index (χ1v) is 7.15. The molecular formula is C12H19N3S. The Morgan fingerprint density at radius 2 is 2.50 bits per heavy atom. The minimum Gasteiger partial charge on any atom is -0.315 e. The molecule has 0 aliphatic carbocycles. The molecule has 0 spiro atoms. The van der Waals surface area contributed by atoms with Gasteiger partial charge in [0, 0.05) is 18.0 Å². The molecule has 3 heterocycles. The number of thiazole rings is 1. The SMILES string of the molecule is CC(c1cscn1)N1CCCC2CNCC21. The molecule has 2 fully saturated rings. The Bertz CT molecular complexity index is 338. The average Bonchev–Trinajstić information content (AvgIpc) is 2.98. The van der Waals surface area contributed by atoms with Gasteiger partial charge in [-0.15, -0.1) is 11.3 Å². The topological polar surface area (TPSA) is 28.2 Å². The molecule has 2 aliphatic rings. The molecule has 0 radical (unpaired) electrons. The third-order valence-corrected chi connectivity index (χ3v) is 4.70. The van der Waals surface area contributed by atoms with Crippen molar-refractivity contribution in [2.24, 2.45) is 5.92 Å². The fraction of sp³-hybridized carbons (Fsp3) is 0.750. The molecule has 0 saturated carbocycles. The molecule has 4 heteroatoms. The second kappa shape index (κ2) is 4.43. The molecule has 0 amide bonds. The maximum absolute atomic E-state index is 4.46. The van der Waals surface area contributed by atoms with Crippen LogP contribution in [0.2, 0.25) is 0 Å². The van der Waals surface area contributed by atoms with Gasteiger partial charge in [-0.1, -0.05) is 0 Å². The van der Waals surface area contributed by atoms with E-state index in [2.05, 4.69) is 27.5 Å². The maximum Gasteiger partial charge on any atom is 0.0795 e. The maximum atomic E-state index is 4.46. The fourth-order valence-corrected chi connectivity index (χ4v) is 3.82. The molecule has 2 aliphatic heterocycles. The highest BCUT2D eigenvalue weighted by Crippen LogP contribution is 2.32. The van der Waals surface area contributed by atoms with Crippen molar-refractivity contribution in [1.29, 1.82) is 0 Å². The molecule has 1 N–H and O–H groups in total. The second-order valence-corrected chi connectivity index (χ2v) is 5.67. The number of rotatable bonds is 2. The van der Waals surface area contributed by atoms with E-state index in [9.17, 15) is 0 Å². The molecule has 0 aromatic carbocycles. The van der Waals surface area contributed by atoms with E-state index < -0.39 is 0 Å². The number of hydrogen-bond acceptors (Lipinski definition) is 4. The van der Waals surface area contributed by atoms with Crippen LogP contribution >= 0.6 is 11.3 Å². The molecule has 0 bridgehead atoms. The highest BCUT2D eigenvalue weighted by atomic mass is 32.1. The first-order chi connectivity index (χ1) is 7.86. The zero-order valence-corrected chi connectivity index (χ0v) is 10.5. The smallest absolute Gasteiger partial charge is 0.0795 e. The molecule has 88 valence electrons. The van der Waals surface area contributed by atoms with Gasteiger partial charge in [0.05, 0.1) is 17.2 Å². The van der Waals surface area contributed by atoms with Gasteiger partial charge < -0.3 is 5.32 Å². The first kappa shape index (κ1) is 10.7. The van der Waals surface area contributed by atoms with E-state index in [1.165, 1.54) is 38.2 Å². The summed E-state index contributed by atoms with van der Waals surface area (Å²) in [4.78, 5) is 7.12. The predicted octanol–water partition coefficient (Wildman–Crippen LogP) is 1.89. The second-order valence-electron chi connectivity index (χ2n) is 4.96. The van der Waals surface area contributed by atoms with Crippen LogP contribution in [0.3, 0.4) is 0 Å². The lowest BCUT2D eigenvalue weighted by Crippen LogP contribution is -2.46. The Kier molecular flexibility index (Phi) is 2.96. The number of aromatic nitrogens is 1. The van der Waals surface area contributed by atoms with E-state index in [1.807, 2.05) is 5.51 Å². The zero-order valence-electron chi connectivity index (χ0n) is 9.72. The third-order valence-electron chi connectivity index (χ3n) is 4.10. The predicted molar refractivity (Wildman–Crippen MR) is 66.6 cm³/mol. The van der Waals surface area contributed by atoms with Gasteiger partial charge in [0.15, 0.2) is 0 Å². The summed E-state index contributed by atoms with van der Waals surface area (Å²) in [7, 11) is 0. The summed E-state index contributed by atoms with van der Waals surface area (Å²) in [5, 5.41) is 5.73. The molecule has 3 nitrogen and oxygen atoms in total. The van der Waals surface area contributed by atoms with Gasteiger partial charge in [0.2, 0.25) is 0 Å². The van der Waals surface area contributed by atoms with E-state index in [1.54, 1.807) is 11.3 Å². The Labute approximate surface area is 101 Å². The fourth-order valence-electron chi connectivity index (χ4n) is 3.18. The lowest BCUT2D eigenvalue weighted by atomic mass is 9.90. The van der Waals surface area contributed by atoms with Gasteiger partial charge >= 0.3 is 0 Å². The van der Waals surface area contributed by atoms with Crippen LogP contribution in [-0.4, -0.2) is 35.6 Å². The highest BCUT2D eigenvalue weighted by molar-refractivity contribution is 7.07. The van der Waals surface area contributed by atoms with Crippen molar-refractivity contribution in [3.63, 3.8) is 0 Å². The first-order valence-electron chi connectivity index (χ1n) is 6.21. The number of nitrogens with one attached hydrogen (secondary N) is 1. The van der Waals surface area contributed by atoms with E-state index in [0.29, 0.717) is 6.04 Å². The van der Waals surface area contributed by atoms with Crippen molar-refractivity contribution in [3.8, 4) is 0 Å². The van der Waals surface area contributed by atoms with E-state index >= 15 is 0 Å². The largest absolute Gasteiger partial charge is 0.315 e. The lowest BCUT2D eigenvalue weighted by molar-refractivity contribution is 0.0831. The number of likely N-dealkylation sites (tertiary alicyclic amines) is 1. The van der Waals surface area contributed by atoms with Gasteiger partial charge in [0.25, 0.3) is 0 Å². The summed E-state index contributed by atoms with van der Waals surface area (Å²) in [6, 6.07) is 1.23. The zero-order chi connectivity index (χ0) is 11.0. The van der Waals surface area contributed by atoms with Crippen molar-refractivity contribution >= 4 is 11.3 Å². The molecule has 3 rings (SSSR count). The van der Waals surface area contributed by atoms with E-state index in [0.717, 1.165) is 12.0 Å². The number of piperidine rings is 1. The summed E-state index contributed by atoms with van der Waals surface area (Å²) < 4.78 is 0. The van der Waals surface area contributed by atoms with Gasteiger partial charge in [-0.05, 0) is 38.8 Å². The van der Waals surface area contributed by atoms with Crippen LogP contribution in [0.5, 0.6) is 0 Å². The normalized spacial score (nSPS) is 32.6. The quantitative estimate of drug-likeness (QED) is 0.851. The van der Waals surface area contributed by atoms with Crippen LogP contribution in [0.25, 0.3) is 0 Å². The third kappa shape index (κ3) is 1.79. The van der Waals surface area contributed by atoms with Gasteiger partial charge in [0.1, 0.15) is 0 Å². The highest BCUT2D eigenvalue weighted by Gasteiger charge is 2.37. The molecule has 1 aromatic heterocycles. The summed E-state index contributed by atoms with van der Waals surface area (Å²) in [5.74, 6) is 0.870. The Morgan fingerprint density at radius 3 is 3.31 bits per heavy atom. The minimum absolute atomic E-state index is 0.485. The molecule has 2 saturated heterocycles. The standard InChI is InChI=1S/C12H19N3S/c1-9(11-7-16-8-14-11)15-4-2-3-10-5-13-6-12(10)15/h7-10,12-13H,2-6H2,1H3. The Morgan fingerprint density at radius 1 is 1.56 bits per heavy atom. The van der Waals surface area contributed by atoms with Crippen molar-refractivity contribution in [2.75, 3.05) is 19.6 Å². The van der Waals surface area contributed by atoms with Crippen LogP contribution in [0.4, 0.5) is 0 Å². The van der Waals surface area contributed by atoms with Crippen LogP contribution in [0.15, 0.2) is 10.9 Å². The van der Waals surface area contributed by atoms with Crippen LogP contribution in [0, 0.1) is 5.92 Å². The summed E-state index contributed by atoms with van der Waals surface area (Å²) in [6.45, 7) is 5.92. The van der Waals surface area contributed by atoms with Gasteiger partial charge in [-0.25, -0.2) is 4.98 Å². The van der Waals surface area contributed by atoms with Gasteiger partial charge in [-0.3, -0.25) is 4.90 Å². The van der Waals surface area contributed by atoms with E-state index in [-0.39, 0.29) is 0 Å². The minimum atomic E-state index is 0.485. The summed E-state index contributed by atoms with van der Waals surface area (Å²) in [5.41, 5.74) is 3.19. The molecule has 1 aromatic rings.